The van der Waals surface area contributed by atoms with Gasteiger partial charge in [-0.15, -0.1) is 0 Å². The fourth-order valence-electron chi connectivity index (χ4n) is 2.31. The molecule has 1 rings (SSSR count). The van der Waals surface area contributed by atoms with Gasteiger partial charge in [-0.05, 0) is 46.3 Å². The number of carbonyl (C=O) groups excluding carboxylic acids is 1. The molecule has 0 aromatic carbocycles. The van der Waals surface area contributed by atoms with Gasteiger partial charge in [0.15, 0.2) is 0 Å². The van der Waals surface area contributed by atoms with Gasteiger partial charge < -0.3 is 15.5 Å². The van der Waals surface area contributed by atoms with Crippen molar-refractivity contribution < 1.29 is 4.79 Å². The molecule has 1 aliphatic carbocycles. The first-order valence-electron chi connectivity index (χ1n) is 6.13. The van der Waals surface area contributed by atoms with Crippen LogP contribution in [0.1, 0.15) is 32.1 Å². The van der Waals surface area contributed by atoms with Crippen molar-refractivity contribution in [2.24, 2.45) is 5.73 Å². The van der Waals surface area contributed by atoms with Crippen molar-refractivity contribution >= 4 is 5.91 Å². The zero-order valence-electron chi connectivity index (χ0n) is 10.8. The fourth-order valence-corrected chi connectivity index (χ4v) is 2.31. The summed E-state index contributed by atoms with van der Waals surface area (Å²) >= 11 is 0. The summed E-state index contributed by atoms with van der Waals surface area (Å²) in [6.45, 7) is 1.45. The standard InChI is InChI=1S/C12H25N3O/c1-14(2)12(7-5-8-12)10-15(3)11(16)6-4-9-13/h4-10,13H2,1-3H3. The van der Waals surface area contributed by atoms with Gasteiger partial charge in [-0.2, -0.15) is 0 Å². The minimum atomic E-state index is 0.221. The Bertz CT molecular complexity index is 236. The fraction of sp³-hybridized carbons (Fsp3) is 0.917. The summed E-state index contributed by atoms with van der Waals surface area (Å²) in [6, 6.07) is 0. The molecule has 0 aliphatic heterocycles. The monoisotopic (exact) mass is 227 g/mol. The zero-order chi connectivity index (χ0) is 12.2. The van der Waals surface area contributed by atoms with Crippen molar-refractivity contribution in [1.82, 2.24) is 9.80 Å². The molecule has 1 fully saturated rings. The maximum atomic E-state index is 11.8. The predicted molar refractivity (Wildman–Crippen MR) is 66.2 cm³/mol. The molecule has 4 heteroatoms. The van der Waals surface area contributed by atoms with Crippen LogP contribution in [0.2, 0.25) is 0 Å². The highest BCUT2D eigenvalue weighted by molar-refractivity contribution is 5.75. The van der Waals surface area contributed by atoms with E-state index >= 15 is 0 Å². The molecule has 0 saturated heterocycles. The average molecular weight is 227 g/mol. The van der Waals surface area contributed by atoms with E-state index in [-0.39, 0.29) is 11.4 Å². The Labute approximate surface area is 98.8 Å². The van der Waals surface area contributed by atoms with Crippen LogP contribution in [0.5, 0.6) is 0 Å². The Balaban J connectivity index is 2.43. The van der Waals surface area contributed by atoms with E-state index in [4.69, 9.17) is 5.73 Å². The van der Waals surface area contributed by atoms with Crippen LogP contribution in [-0.4, -0.2) is 55.5 Å². The first kappa shape index (κ1) is 13.5. The Hall–Kier alpha value is -0.610. The first-order valence-corrected chi connectivity index (χ1v) is 6.13. The molecule has 0 heterocycles. The quantitative estimate of drug-likeness (QED) is 0.725. The van der Waals surface area contributed by atoms with E-state index in [0.29, 0.717) is 13.0 Å². The van der Waals surface area contributed by atoms with Crippen molar-refractivity contribution in [1.29, 1.82) is 0 Å². The SMILES string of the molecule is CN(CC1(N(C)C)CCC1)C(=O)CCCN. The Morgan fingerprint density at radius 1 is 1.31 bits per heavy atom. The van der Waals surface area contributed by atoms with Gasteiger partial charge in [0.05, 0.1) is 0 Å². The van der Waals surface area contributed by atoms with Crippen LogP contribution in [0.15, 0.2) is 0 Å². The van der Waals surface area contributed by atoms with Gasteiger partial charge >= 0.3 is 0 Å². The summed E-state index contributed by atoms with van der Waals surface area (Å²) in [5, 5.41) is 0. The van der Waals surface area contributed by atoms with Crippen molar-refractivity contribution in [3.63, 3.8) is 0 Å². The topological polar surface area (TPSA) is 49.6 Å². The third kappa shape index (κ3) is 2.95. The lowest BCUT2D eigenvalue weighted by Crippen LogP contribution is -2.57. The summed E-state index contributed by atoms with van der Waals surface area (Å²) in [6.07, 6.45) is 5.06. The predicted octanol–water partition coefficient (Wildman–Crippen LogP) is 0.668. The van der Waals surface area contributed by atoms with Crippen molar-refractivity contribution in [2.45, 2.75) is 37.6 Å². The smallest absolute Gasteiger partial charge is 0.222 e. The summed E-state index contributed by atoms with van der Waals surface area (Å²) in [5.74, 6) is 0.221. The molecule has 94 valence electrons. The number of rotatable bonds is 6. The molecule has 1 saturated carbocycles. The summed E-state index contributed by atoms with van der Waals surface area (Å²) in [7, 11) is 6.12. The van der Waals surface area contributed by atoms with E-state index in [1.807, 2.05) is 11.9 Å². The molecule has 2 N–H and O–H groups in total. The number of carbonyl (C=O) groups is 1. The maximum absolute atomic E-state index is 11.8. The molecule has 1 amide bonds. The normalized spacial score (nSPS) is 18.3. The Morgan fingerprint density at radius 2 is 1.94 bits per heavy atom. The summed E-state index contributed by atoms with van der Waals surface area (Å²) in [4.78, 5) is 15.9. The van der Waals surface area contributed by atoms with Gasteiger partial charge in [-0.3, -0.25) is 4.79 Å². The van der Waals surface area contributed by atoms with Gasteiger partial charge in [-0.25, -0.2) is 0 Å². The van der Waals surface area contributed by atoms with Crippen LogP contribution >= 0.6 is 0 Å². The number of nitrogens with two attached hydrogens (primary N) is 1. The molecule has 1 aliphatic rings. The highest BCUT2D eigenvalue weighted by Gasteiger charge is 2.40. The van der Waals surface area contributed by atoms with Gasteiger partial charge in [0.2, 0.25) is 5.91 Å². The van der Waals surface area contributed by atoms with Crippen molar-refractivity contribution in [3.05, 3.63) is 0 Å². The minimum absolute atomic E-state index is 0.221. The molecule has 0 aromatic rings. The molecule has 0 aromatic heterocycles. The Morgan fingerprint density at radius 3 is 2.31 bits per heavy atom. The van der Waals surface area contributed by atoms with E-state index in [1.54, 1.807) is 0 Å². The molecule has 0 unspecified atom stereocenters. The van der Waals surface area contributed by atoms with Gasteiger partial charge in [-0.1, -0.05) is 0 Å². The van der Waals surface area contributed by atoms with Gasteiger partial charge in [0.25, 0.3) is 0 Å². The molecular weight excluding hydrogens is 202 g/mol. The first-order chi connectivity index (χ1) is 7.52. The number of nitrogens with zero attached hydrogens (tertiary/aromatic N) is 2. The minimum Gasteiger partial charge on any atom is -0.344 e. The van der Waals surface area contributed by atoms with E-state index in [2.05, 4.69) is 19.0 Å². The third-order valence-electron chi connectivity index (χ3n) is 3.78. The molecule has 0 bridgehead atoms. The second-order valence-electron chi connectivity index (χ2n) is 5.11. The third-order valence-corrected chi connectivity index (χ3v) is 3.78. The summed E-state index contributed by atoms with van der Waals surface area (Å²) < 4.78 is 0. The van der Waals surface area contributed by atoms with E-state index in [0.717, 1.165) is 13.0 Å². The lowest BCUT2D eigenvalue weighted by molar-refractivity contribution is -0.132. The van der Waals surface area contributed by atoms with Crippen molar-refractivity contribution in [2.75, 3.05) is 34.2 Å². The van der Waals surface area contributed by atoms with Crippen LogP contribution in [0.25, 0.3) is 0 Å². The second kappa shape index (κ2) is 5.64. The molecule has 0 atom stereocenters. The highest BCUT2D eigenvalue weighted by Crippen LogP contribution is 2.36. The number of amides is 1. The lowest BCUT2D eigenvalue weighted by Gasteiger charge is -2.49. The highest BCUT2D eigenvalue weighted by atomic mass is 16.2. The summed E-state index contributed by atoms with van der Waals surface area (Å²) in [5.41, 5.74) is 5.64. The lowest BCUT2D eigenvalue weighted by atomic mass is 9.75. The average Bonchev–Trinajstić information content (AvgIpc) is 2.18. The van der Waals surface area contributed by atoms with Crippen LogP contribution in [0, 0.1) is 0 Å². The molecular formula is C12H25N3O. The van der Waals surface area contributed by atoms with E-state index in [9.17, 15) is 4.79 Å². The van der Waals surface area contributed by atoms with Crippen LogP contribution < -0.4 is 5.73 Å². The van der Waals surface area contributed by atoms with E-state index < -0.39 is 0 Å². The molecule has 0 radical (unpaired) electrons. The largest absolute Gasteiger partial charge is 0.344 e. The van der Waals surface area contributed by atoms with Crippen LogP contribution in [-0.2, 0) is 4.79 Å². The molecule has 0 spiro atoms. The van der Waals surface area contributed by atoms with Crippen LogP contribution in [0.3, 0.4) is 0 Å². The number of hydrogen-bond acceptors (Lipinski definition) is 3. The number of hydrogen-bond donors (Lipinski definition) is 1. The van der Waals surface area contributed by atoms with Crippen molar-refractivity contribution in [3.8, 4) is 0 Å². The Kier molecular flexibility index (Phi) is 4.74. The number of likely N-dealkylation sites (N-methyl/N-ethyl adjacent to an activating group) is 2. The van der Waals surface area contributed by atoms with Gasteiger partial charge in [0.1, 0.15) is 0 Å². The van der Waals surface area contributed by atoms with Gasteiger partial charge in [0, 0.05) is 25.6 Å². The maximum Gasteiger partial charge on any atom is 0.222 e. The van der Waals surface area contributed by atoms with E-state index in [1.165, 1.54) is 19.3 Å². The van der Waals surface area contributed by atoms with Crippen LogP contribution in [0.4, 0.5) is 0 Å². The molecule has 16 heavy (non-hydrogen) atoms. The molecule has 4 nitrogen and oxygen atoms in total. The zero-order valence-corrected chi connectivity index (χ0v) is 10.8. The second-order valence-corrected chi connectivity index (χ2v) is 5.11.